The standard InChI is InChI=1S/C18H20Cl2N2O6/c1-2-12(22(26)27)10-11-4-5-13(16(20)15(11)19)28-18(7-3-8-18)17(25)21-9-6-14(23)24/h4-5,10H,2-3,6-9H2,1H3,(H,21,25)(H,23,24)/b12-10+. The lowest BCUT2D eigenvalue weighted by Gasteiger charge is -2.40. The third-order valence-corrected chi connectivity index (χ3v) is 5.38. The Kier molecular flexibility index (Phi) is 7.26. The van der Waals surface area contributed by atoms with Crippen molar-refractivity contribution in [2.45, 2.75) is 44.6 Å². The molecule has 1 saturated carbocycles. The SMILES string of the molecule is CC/C(=C\c1ccc(OC2(C(=O)NCCC(=O)O)CCC2)c(Cl)c1Cl)[N+](=O)[O-]. The molecule has 28 heavy (non-hydrogen) atoms. The fourth-order valence-electron chi connectivity index (χ4n) is 2.73. The van der Waals surface area contributed by atoms with E-state index in [-0.39, 0.29) is 40.9 Å². The molecule has 0 unspecified atom stereocenters. The first kappa shape index (κ1) is 22.0. The number of amides is 1. The van der Waals surface area contributed by atoms with Gasteiger partial charge in [-0.1, -0.05) is 30.1 Å². The van der Waals surface area contributed by atoms with Crippen molar-refractivity contribution in [3.8, 4) is 5.75 Å². The van der Waals surface area contributed by atoms with Crippen LogP contribution >= 0.6 is 23.2 Å². The van der Waals surface area contributed by atoms with E-state index in [4.69, 9.17) is 33.0 Å². The van der Waals surface area contributed by atoms with Crippen molar-refractivity contribution in [3.63, 3.8) is 0 Å². The van der Waals surface area contributed by atoms with Crippen LogP contribution in [0.5, 0.6) is 5.75 Å². The summed E-state index contributed by atoms with van der Waals surface area (Å²) < 4.78 is 5.87. The van der Waals surface area contributed by atoms with E-state index in [1.54, 1.807) is 6.92 Å². The molecule has 1 aromatic rings. The zero-order chi connectivity index (χ0) is 20.9. The average Bonchev–Trinajstić information content (AvgIpc) is 2.60. The van der Waals surface area contributed by atoms with Gasteiger partial charge in [-0.15, -0.1) is 0 Å². The number of carboxylic acids is 1. The Morgan fingerprint density at radius 1 is 1.36 bits per heavy atom. The zero-order valence-corrected chi connectivity index (χ0v) is 16.7. The molecule has 0 bridgehead atoms. The van der Waals surface area contributed by atoms with Gasteiger partial charge in [-0.2, -0.15) is 0 Å². The number of carbonyl (C=O) groups is 2. The molecule has 2 N–H and O–H groups in total. The van der Waals surface area contributed by atoms with Crippen molar-refractivity contribution in [2.75, 3.05) is 6.54 Å². The molecule has 0 aromatic heterocycles. The smallest absolute Gasteiger partial charge is 0.305 e. The van der Waals surface area contributed by atoms with Crippen LogP contribution in [0.2, 0.25) is 10.0 Å². The summed E-state index contributed by atoms with van der Waals surface area (Å²) in [6.45, 7) is 1.66. The number of benzene rings is 1. The molecule has 1 aromatic carbocycles. The van der Waals surface area contributed by atoms with Crippen molar-refractivity contribution in [2.24, 2.45) is 0 Å². The van der Waals surface area contributed by atoms with Gasteiger partial charge in [0.1, 0.15) is 10.8 Å². The van der Waals surface area contributed by atoms with Crippen LogP contribution in [0.15, 0.2) is 17.8 Å². The molecule has 10 heteroatoms. The normalized spacial score (nSPS) is 15.5. The number of rotatable bonds is 9. The Morgan fingerprint density at radius 2 is 2.04 bits per heavy atom. The maximum absolute atomic E-state index is 12.5. The second kappa shape index (κ2) is 9.25. The van der Waals surface area contributed by atoms with Gasteiger partial charge >= 0.3 is 5.97 Å². The van der Waals surface area contributed by atoms with Crippen molar-refractivity contribution >= 4 is 41.2 Å². The number of allylic oxidation sites excluding steroid dienone is 1. The van der Waals surface area contributed by atoms with Crippen molar-refractivity contribution in [3.05, 3.63) is 43.6 Å². The number of nitrogens with zero attached hydrogens (tertiary/aromatic N) is 1. The third-order valence-electron chi connectivity index (χ3n) is 4.50. The molecule has 0 atom stereocenters. The van der Waals surface area contributed by atoms with Crippen LogP contribution in [0, 0.1) is 10.1 Å². The van der Waals surface area contributed by atoms with Crippen molar-refractivity contribution in [1.82, 2.24) is 5.32 Å². The van der Waals surface area contributed by atoms with E-state index in [2.05, 4.69) is 5.32 Å². The molecule has 8 nitrogen and oxygen atoms in total. The van der Waals surface area contributed by atoms with E-state index in [1.807, 2.05) is 0 Å². The number of halogens is 2. The Balaban J connectivity index is 2.21. The highest BCUT2D eigenvalue weighted by Crippen LogP contribution is 2.42. The van der Waals surface area contributed by atoms with Crippen LogP contribution in [-0.2, 0) is 9.59 Å². The van der Waals surface area contributed by atoms with Crippen LogP contribution in [0.1, 0.15) is 44.6 Å². The van der Waals surface area contributed by atoms with Crippen LogP contribution in [0.3, 0.4) is 0 Å². The Morgan fingerprint density at radius 3 is 2.54 bits per heavy atom. The number of ether oxygens (including phenoxy) is 1. The summed E-state index contributed by atoms with van der Waals surface area (Å²) in [5, 5.41) is 22.4. The van der Waals surface area contributed by atoms with E-state index < -0.39 is 22.4 Å². The second-order valence-electron chi connectivity index (χ2n) is 6.38. The summed E-state index contributed by atoms with van der Waals surface area (Å²) in [5.41, 5.74) is -0.765. The fraction of sp³-hybridized carbons (Fsp3) is 0.444. The van der Waals surface area contributed by atoms with Crippen molar-refractivity contribution in [1.29, 1.82) is 0 Å². The van der Waals surface area contributed by atoms with Gasteiger partial charge in [0.05, 0.1) is 16.4 Å². The monoisotopic (exact) mass is 430 g/mol. The summed E-state index contributed by atoms with van der Waals surface area (Å²) in [5.74, 6) is -1.22. The molecule has 2 rings (SSSR count). The maximum Gasteiger partial charge on any atom is 0.305 e. The van der Waals surface area contributed by atoms with Gasteiger partial charge in [0.25, 0.3) is 5.91 Å². The minimum atomic E-state index is -1.13. The minimum Gasteiger partial charge on any atom is -0.481 e. The summed E-state index contributed by atoms with van der Waals surface area (Å²) >= 11 is 12.5. The van der Waals surface area contributed by atoms with Crippen LogP contribution in [0.4, 0.5) is 0 Å². The Bertz CT molecular complexity index is 821. The van der Waals surface area contributed by atoms with E-state index in [1.165, 1.54) is 18.2 Å². The summed E-state index contributed by atoms with van der Waals surface area (Å²) in [6, 6.07) is 3.05. The molecular weight excluding hydrogens is 411 g/mol. The minimum absolute atomic E-state index is 0.00180. The number of aliphatic carboxylic acids is 1. The lowest BCUT2D eigenvalue weighted by atomic mass is 9.79. The highest BCUT2D eigenvalue weighted by Gasteiger charge is 2.47. The Labute approximate surface area is 171 Å². The largest absolute Gasteiger partial charge is 0.481 e. The molecule has 0 saturated heterocycles. The van der Waals surface area contributed by atoms with Gasteiger partial charge in [-0.25, -0.2) is 0 Å². The molecule has 1 fully saturated rings. The molecule has 0 spiro atoms. The molecule has 1 aliphatic carbocycles. The second-order valence-corrected chi connectivity index (χ2v) is 7.13. The summed E-state index contributed by atoms with van der Waals surface area (Å²) in [7, 11) is 0. The Hall–Kier alpha value is -2.32. The average molecular weight is 431 g/mol. The first-order valence-electron chi connectivity index (χ1n) is 8.72. The van der Waals surface area contributed by atoms with Crippen LogP contribution in [0.25, 0.3) is 6.08 Å². The summed E-state index contributed by atoms with van der Waals surface area (Å²) in [6.07, 6.45) is 3.08. The number of nitro groups is 1. The van der Waals surface area contributed by atoms with Gasteiger partial charge in [0, 0.05) is 24.6 Å². The number of nitrogens with one attached hydrogen (secondary N) is 1. The lowest BCUT2D eigenvalue weighted by molar-refractivity contribution is -0.425. The van der Waals surface area contributed by atoms with Gasteiger partial charge in [-0.05, 0) is 31.4 Å². The predicted molar refractivity (Wildman–Crippen MR) is 104 cm³/mol. The lowest BCUT2D eigenvalue weighted by Crippen LogP contribution is -2.56. The zero-order valence-electron chi connectivity index (χ0n) is 15.2. The number of hydrogen-bond acceptors (Lipinski definition) is 5. The molecule has 1 amide bonds. The number of hydrogen-bond donors (Lipinski definition) is 2. The first-order chi connectivity index (χ1) is 13.2. The number of carbonyl (C=O) groups excluding carboxylic acids is 1. The van der Waals surface area contributed by atoms with E-state index in [0.29, 0.717) is 18.4 Å². The van der Waals surface area contributed by atoms with E-state index in [0.717, 1.165) is 6.42 Å². The summed E-state index contributed by atoms with van der Waals surface area (Å²) in [4.78, 5) is 33.6. The van der Waals surface area contributed by atoms with Gasteiger partial charge in [0.15, 0.2) is 5.60 Å². The van der Waals surface area contributed by atoms with Gasteiger partial charge in [0.2, 0.25) is 5.70 Å². The maximum atomic E-state index is 12.5. The topological polar surface area (TPSA) is 119 Å². The molecule has 1 aliphatic rings. The molecule has 0 radical (unpaired) electrons. The van der Waals surface area contributed by atoms with Crippen LogP contribution < -0.4 is 10.1 Å². The van der Waals surface area contributed by atoms with Gasteiger partial charge < -0.3 is 15.2 Å². The highest BCUT2D eigenvalue weighted by atomic mass is 35.5. The van der Waals surface area contributed by atoms with Gasteiger partial charge in [-0.3, -0.25) is 19.7 Å². The van der Waals surface area contributed by atoms with Crippen molar-refractivity contribution < 1.29 is 24.4 Å². The number of carboxylic acid groups (broad SMARTS) is 1. The third kappa shape index (κ3) is 4.94. The quantitative estimate of drug-likeness (QED) is 0.452. The van der Waals surface area contributed by atoms with E-state index >= 15 is 0 Å². The van der Waals surface area contributed by atoms with Crippen LogP contribution in [-0.4, -0.2) is 34.1 Å². The first-order valence-corrected chi connectivity index (χ1v) is 9.48. The molecule has 152 valence electrons. The fourth-order valence-corrected chi connectivity index (χ4v) is 3.15. The van der Waals surface area contributed by atoms with E-state index in [9.17, 15) is 19.7 Å². The molecule has 0 aliphatic heterocycles. The molecular formula is C18H20Cl2N2O6. The molecule has 0 heterocycles. The highest BCUT2D eigenvalue weighted by molar-refractivity contribution is 6.43. The predicted octanol–water partition coefficient (Wildman–Crippen LogP) is 3.91.